The maximum atomic E-state index is 6.31. The molecule has 1 aromatic rings. The minimum atomic E-state index is 0.430. The van der Waals surface area contributed by atoms with Gasteiger partial charge in [-0.2, -0.15) is 0 Å². The standard InChI is InChI=1S/C16H23ClN2/c1-12(15-4-2-3-5-16(15)17)19-9-8-13(11-19)10-18-14-6-7-14/h2-5,12-14,18H,6-11H2,1H3. The molecule has 0 amide bonds. The maximum Gasteiger partial charge on any atom is 0.0453 e. The largest absolute Gasteiger partial charge is 0.314 e. The molecule has 3 rings (SSSR count). The molecule has 1 saturated heterocycles. The summed E-state index contributed by atoms with van der Waals surface area (Å²) in [5, 5.41) is 4.55. The number of hydrogen-bond acceptors (Lipinski definition) is 2. The van der Waals surface area contributed by atoms with E-state index in [0.717, 1.165) is 17.0 Å². The van der Waals surface area contributed by atoms with Crippen molar-refractivity contribution < 1.29 is 0 Å². The zero-order valence-corrected chi connectivity index (χ0v) is 12.4. The average Bonchev–Trinajstić information content (AvgIpc) is 3.13. The topological polar surface area (TPSA) is 15.3 Å². The van der Waals surface area contributed by atoms with Crippen molar-refractivity contribution in [3.8, 4) is 0 Å². The number of nitrogens with one attached hydrogen (secondary N) is 1. The fourth-order valence-corrected chi connectivity index (χ4v) is 3.31. The molecule has 1 heterocycles. The predicted molar refractivity (Wildman–Crippen MR) is 80.6 cm³/mol. The quantitative estimate of drug-likeness (QED) is 0.887. The molecule has 2 atom stereocenters. The van der Waals surface area contributed by atoms with Crippen molar-refractivity contribution in [3.63, 3.8) is 0 Å². The molecule has 2 aliphatic rings. The average molecular weight is 279 g/mol. The number of hydrogen-bond donors (Lipinski definition) is 1. The number of likely N-dealkylation sites (tertiary alicyclic amines) is 1. The minimum Gasteiger partial charge on any atom is -0.314 e. The van der Waals surface area contributed by atoms with Crippen LogP contribution in [-0.4, -0.2) is 30.6 Å². The van der Waals surface area contributed by atoms with Gasteiger partial charge in [-0.3, -0.25) is 4.90 Å². The Hall–Kier alpha value is -0.570. The Kier molecular flexibility index (Phi) is 4.11. The molecule has 1 saturated carbocycles. The molecule has 0 spiro atoms. The highest BCUT2D eigenvalue weighted by Crippen LogP contribution is 2.31. The molecule has 1 aromatic carbocycles. The van der Waals surface area contributed by atoms with Crippen LogP contribution in [0.25, 0.3) is 0 Å². The van der Waals surface area contributed by atoms with Gasteiger partial charge in [0, 0.05) is 23.7 Å². The molecule has 0 aromatic heterocycles. The third-order valence-corrected chi connectivity index (χ3v) is 4.84. The van der Waals surface area contributed by atoms with E-state index in [1.807, 2.05) is 12.1 Å². The molecule has 104 valence electrons. The molecule has 1 N–H and O–H groups in total. The Morgan fingerprint density at radius 2 is 2.11 bits per heavy atom. The van der Waals surface area contributed by atoms with Gasteiger partial charge in [-0.25, -0.2) is 0 Å². The summed E-state index contributed by atoms with van der Waals surface area (Å²) in [6.45, 7) is 5.86. The van der Waals surface area contributed by atoms with Crippen LogP contribution in [0.3, 0.4) is 0 Å². The van der Waals surface area contributed by atoms with Crippen LogP contribution in [0.2, 0.25) is 5.02 Å². The van der Waals surface area contributed by atoms with Crippen molar-refractivity contribution in [1.29, 1.82) is 0 Å². The number of rotatable bonds is 5. The van der Waals surface area contributed by atoms with Gasteiger partial charge in [0.05, 0.1) is 0 Å². The lowest BCUT2D eigenvalue weighted by atomic mass is 10.1. The molecule has 0 bridgehead atoms. The molecule has 3 heteroatoms. The van der Waals surface area contributed by atoms with Crippen LogP contribution >= 0.6 is 11.6 Å². The molecule has 19 heavy (non-hydrogen) atoms. The predicted octanol–water partition coefficient (Wildman–Crippen LogP) is 3.47. The van der Waals surface area contributed by atoms with Gasteiger partial charge in [0.2, 0.25) is 0 Å². The highest BCUT2D eigenvalue weighted by molar-refractivity contribution is 6.31. The van der Waals surface area contributed by atoms with Crippen LogP contribution in [0.5, 0.6) is 0 Å². The van der Waals surface area contributed by atoms with E-state index >= 15 is 0 Å². The van der Waals surface area contributed by atoms with Gasteiger partial charge in [-0.05, 0) is 56.8 Å². The lowest BCUT2D eigenvalue weighted by Gasteiger charge is -2.25. The first kappa shape index (κ1) is 13.4. The van der Waals surface area contributed by atoms with Gasteiger partial charge in [0.25, 0.3) is 0 Å². The minimum absolute atomic E-state index is 0.430. The van der Waals surface area contributed by atoms with E-state index in [2.05, 4.69) is 29.3 Å². The molecule has 0 radical (unpaired) electrons. The summed E-state index contributed by atoms with van der Waals surface area (Å²) in [5.74, 6) is 0.811. The molecular formula is C16H23ClN2. The van der Waals surface area contributed by atoms with Crippen molar-refractivity contribution in [2.24, 2.45) is 5.92 Å². The summed E-state index contributed by atoms with van der Waals surface area (Å²) in [6.07, 6.45) is 4.08. The lowest BCUT2D eigenvalue weighted by molar-refractivity contribution is 0.251. The molecule has 2 unspecified atom stereocenters. The smallest absolute Gasteiger partial charge is 0.0453 e. The summed E-state index contributed by atoms with van der Waals surface area (Å²) in [4.78, 5) is 2.57. The number of halogens is 1. The monoisotopic (exact) mass is 278 g/mol. The number of benzene rings is 1. The van der Waals surface area contributed by atoms with Gasteiger partial charge in [0.15, 0.2) is 0 Å². The Bertz CT molecular complexity index is 431. The van der Waals surface area contributed by atoms with E-state index in [1.54, 1.807) is 0 Å². The Morgan fingerprint density at radius 3 is 2.84 bits per heavy atom. The zero-order valence-electron chi connectivity index (χ0n) is 11.6. The first-order valence-electron chi connectivity index (χ1n) is 7.46. The normalized spacial score (nSPS) is 25.7. The summed E-state index contributed by atoms with van der Waals surface area (Å²) >= 11 is 6.31. The van der Waals surface area contributed by atoms with Gasteiger partial charge < -0.3 is 5.32 Å². The SMILES string of the molecule is CC(c1ccccc1Cl)N1CCC(CNC2CC2)C1. The van der Waals surface area contributed by atoms with E-state index in [9.17, 15) is 0 Å². The number of nitrogens with zero attached hydrogens (tertiary/aromatic N) is 1. The summed E-state index contributed by atoms with van der Waals surface area (Å²) < 4.78 is 0. The van der Waals surface area contributed by atoms with Crippen molar-refractivity contribution >= 4 is 11.6 Å². The van der Waals surface area contributed by atoms with Crippen molar-refractivity contribution in [1.82, 2.24) is 10.2 Å². The van der Waals surface area contributed by atoms with Gasteiger partial charge in [-0.15, -0.1) is 0 Å². The summed E-state index contributed by atoms with van der Waals surface area (Å²) in [5.41, 5.74) is 1.26. The first-order chi connectivity index (χ1) is 9.24. The Morgan fingerprint density at radius 1 is 1.32 bits per heavy atom. The van der Waals surface area contributed by atoms with Crippen LogP contribution in [-0.2, 0) is 0 Å². The molecule has 1 aliphatic carbocycles. The van der Waals surface area contributed by atoms with Gasteiger partial charge in [0.1, 0.15) is 0 Å². The van der Waals surface area contributed by atoms with Crippen LogP contribution < -0.4 is 5.32 Å². The van der Waals surface area contributed by atoms with E-state index in [-0.39, 0.29) is 0 Å². The Balaban J connectivity index is 1.56. The lowest BCUT2D eigenvalue weighted by Crippen LogP contribution is -2.29. The highest BCUT2D eigenvalue weighted by Gasteiger charge is 2.29. The van der Waals surface area contributed by atoms with Crippen molar-refractivity contribution in [2.45, 2.75) is 38.3 Å². The van der Waals surface area contributed by atoms with Crippen LogP contribution in [0, 0.1) is 5.92 Å². The van der Waals surface area contributed by atoms with Gasteiger partial charge >= 0.3 is 0 Å². The molecule has 1 aliphatic heterocycles. The fourth-order valence-electron chi connectivity index (χ4n) is 3.01. The van der Waals surface area contributed by atoms with Crippen molar-refractivity contribution in [2.75, 3.05) is 19.6 Å². The van der Waals surface area contributed by atoms with E-state index in [4.69, 9.17) is 11.6 Å². The summed E-state index contributed by atoms with van der Waals surface area (Å²) in [6, 6.07) is 9.50. The third kappa shape index (κ3) is 3.31. The molecular weight excluding hydrogens is 256 g/mol. The van der Waals surface area contributed by atoms with Crippen LogP contribution in [0.15, 0.2) is 24.3 Å². The molecule has 2 fully saturated rings. The van der Waals surface area contributed by atoms with Crippen molar-refractivity contribution in [3.05, 3.63) is 34.9 Å². The molecule has 2 nitrogen and oxygen atoms in total. The van der Waals surface area contributed by atoms with Gasteiger partial charge in [-0.1, -0.05) is 29.8 Å². The second kappa shape index (κ2) is 5.82. The van der Waals surface area contributed by atoms with Crippen LogP contribution in [0.4, 0.5) is 0 Å². The van der Waals surface area contributed by atoms with E-state index in [1.165, 1.54) is 44.5 Å². The highest BCUT2D eigenvalue weighted by atomic mass is 35.5. The Labute approximate surface area is 121 Å². The second-order valence-electron chi connectivity index (χ2n) is 6.03. The fraction of sp³-hybridized carbons (Fsp3) is 0.625. The third-order valence-electron chi connectivity index (χ3n) is 4.49. The first-order valence-corrected chi connectivity index (χ1v) is 7.83. The van der Waals surface area contributed by atoms with E-state index in [0.29, 0.717) is 6.04 Å². The summed E-state index contributed by atoms with van der Waals surface area (Å²) in [7, 11) is 0. The van der Waals surface area contributed by atoms with E-state index < -0.39 is 0 Å². The van der Waals surface area contributed by atoms with Crippen LogP contribution in [0.1, 0.15) is 37.8 Å². The maximum absolute atomic E-state index is 6.31. The second-order valence-corrected chi connectivity index (χ2v) is 6.44. The zero-order chi connectivity index (χ0) is 13.2.